The Kier molecular flexibility index (Phi) is 3.52. The van der Waals surface area contributed by atoms with Crippen LogP contribution in [0.3, 0.4) is 0 Å². The van der Waals surface area contributed by atoms with Gasteiger partial charge in [0.1, 0.15) is 5.82 Å². The van der Waals surface area contributed by atoms with Crippen molar-refractivity contribution in [1.29, 1.82) is 0 Å². The number of hydrogen-bond donors (Lipinski definition) is 2. The molecule has 0 radical (unpaired) electrons. The smallest absolute Gasteiger partial charge is 0.354 e. The topological polar surface area (TPSA) is 79.5 Å². The van der Waals surface area contributed by atoms with Crippen molar-refractivity contribution < 1.29 is 9.90 Å². The van der Waals surface area contributed by atoms with Crippen molar-refractivity contribution in [3.05, 3.63) is 46.8 Å². The van der Waals surface area contributed by atoms with Crippen molar-refractivity contribution in [2.75, 3.05) is 12.4 Å². The molecule has 2 heterocycles. The average Bonchev–Trinajstić information content (AvgIpc) is 2.82. The Hall–Kier alpha value is -2.89. The molecule has 0 spiro atoms. The molecule has 0 bridgehead atoms. The van der Waals surface area contributed by atoms with Gasteiger partial charge in [-0.3, -0.25) is 0 Å². The molecule has 23 heavy (non-hydrogen) atoms. The van der Waals surface area contributed by atoms with E-state index in [0.29, 0.717) is 11.5 Å². The van der Waals surface area contributed by atoms with Gasteiger partial charge in [0.15, 0.2) is 11.3 Å². The third-order valence-corrected chi connectivity index (χ3v) is 3.97. The number of carboxylic acid groups (broad SMARTS) is 1. The second kappa shape index (κ2) is 5.39. The van der Waals surface area contributed by atoms with Gasteiger partial charge < -0.3 is 10.4 Å². The number of fused-ring (bicyclic) bond motifs is 1. The monoisotopic (exact) mass is 310 g/mol. The van der Waals surface area contributed by atoms with Crippen LogP contribution in [0.4, 0.5) is 5.82 Å². The Morgan fingerprint density at radius 1 is 1.17 bits per heavy atom. The molecule has 2 N–H and O–H groups in total. The highest BCUT2D eigenvalue weighted by molar-refractivity contribution is 5.90. The quantitative estimate of drug-likeness (QED) is 0.777. The van der Waals surface area contributed by atoms with E-state index in [0.717, 1.165) is 27.9 Å². The average molecular weight is 310 g/mol. The highest BCUT2D eigenvalue weighted by Crippen LogP contribution is 2.33. The van der Waals surface area contributed by atoms with Crippen molar-refractivity contribution in [3.8, 4) is 11.1 Å². The summed E-state index contributed by atoms with van der Waals surface area (Å²) < 4.78 is 1.66. The molecule has 3 rings (SSSR count). The maximum Gasteiger partial charge on any atom is 0.354 e. The Labute approximate surface area is 133 Å². The highest BCUT2D eigenvalue weighted by atomic mass is 16.4. The van der Waals surface area contributed by atoms with E-state index >= 15 is 0 Å². The lowest BCUT2D eigenvalue weighted by molar-refractivity contribution is 0.0690. The molecule has 0 saturated heterocycles. The Morgan fingerprint density at radius 2 is 1.83 bits per heavy atom. The van der Waals surface area contributed by atoms with Crippen LogP contribution >= 0.6 is 0 Å². The first-order valence-corrected chi connectivity index (χ1v) is 7.32. The Bertz CT molecular complexity index is 908. The largest absolute Gasteiger partial charge is 0.477 e. The molecule has 0 aliphatic carbocycles. The van der Waals surface area contributed by atoms with Crippen LogP contribution in [0.2, 0.25) is 0 Å². The summed E-state index contributed by atoms with van der Waals surface area (Å²) in [6, 6.07) is 7.55. The van der Waals surface area contributed by atoms with Crippen LogP contribution in [0, 0.1) is 20.8 Å². The molecule has 6 nitrogen and oxygen atoms in total. The number of carboxylic acids is 1. The van der Waals surface area contributed by atoms with E-state index in [1.54, 1.807) is 11.6 Å². The van der Waals surface area contributed by atoms with Crippen LogP contribution < -0.4 is 5.32 Å². The first kappa shape index (κ1) is 15.0. The van der Waals surface area contributed by atoms with Crippen LogP contribution in [-0.2, 0) is 0 Å². The molecule has 1 aromatic carbocycles. The number of carbonyl (C=O) groups is 1. The molecule has 0 aliphatic heterocycles. The number of nitrogens with zero attached hydrogens (tertiary/aromatic N) is 3. The lowest BCUT2D eigenvalue weighted by atomic mass is 9.96. The van der Waals surface area contributed by atoms with Crippen molar-refractivity contribution in [3.63, 3.8) is 0 Å². The van der Waals surface area contributed by atoms with Gasteiger partial charge in [-0.1, -0.05) is 18.2 Å². The van der Waals surface area contributed by atoms with Crippen molar-refractivity contribution >= 4 is 17.4 Å². The van der Waals surface area contributed by atoms with E-state index in [9.17, 15) is 9.90 Å². The van der Waals surface area contributed by atoms with E-state index in [4.69, 9.17) is 0 Å². The van der Waals surface area contributed by atoms with Gasteiger partial charge in [0.05, 0.1) is 11.3 Å². The maximum absolute atomic E-state index is 11.4. The molecule has 0 atom stereocenters. The maximum atomic E-state index is 11.4. The summed E-state index contributed by atoms with van der Waals surface area (Å²) in [5.41, 5.74) is 5.50. The lowest BCUT2D eigenvalue weighted by Gasteiger charge is -2.10. The van der Waals surface area contributed by atoms with Gasteiger partial charge in [-0.15, -0.1) is 0 Å². The minimum atomic E-state index is -1.06. The number of anilines is 1. The van der Waals surface area contributed by atoms with Crippen molar-refractivity contribution in [1.82, 2.24) is 14.6 Å². The van der Waals surface area contributed by atoms with Gasteiger partial charge in [-0.25, -0.2) is 9.78 Å². The Morgan fingerprint density at radius 3 is 2.39 bits per heavy atom. The summed E-state index contributed by atoms with van der Waals surface area (Å²) in [5.74, 6) is -0.469. The van der Waals surface area contributed by atoms with Crippen molar-refractivity contribution in [2.45, 2.75) is 20.8 Å². The predicted molar refractivity (Wildman–Crippen MR) is 89.1 cm³/mol. The van der Waals surface area contributed by atoms with Crippen LogP contribution in [0.1, 0.15) is 27.3 Å². The fourth-order valence-corrected chi connectivity index (χ4v) is 2.91. The van der Waals surface area contributed by atoms with E-state index in [2.05, 4.69) is 15.4 Å². The minimum Gasteiger partial charge on any atom is -0.477 e. The summed E-state index contributed by atoms with van der Waals surface area (Å²) in [7, 11) is 1.73. The SMILES string of the molecule is CNc1cc(C(=O)O)nc2c(-c3c(C)cccc3C)c(C)nn12. The molecule has 0 aliphatic rings. The zero-order chi connectivity index (χ0) is 16.7. The van der Waals surface area contributed by atoms with E-state index in [-0.39, 0.29) is 5.69 Å². The summed E-state index contributed by atoms with van der Waals surface area (Å²) in [6.07, 6.45) is 0. The molecule has 0 fully saturated rings. The third-order valence-electron chi connectivity index (χ3n) is 3.97. The van der Waals surface area contributed by atoms with Gasteiger partial charge in [-0.05, 0) is 37.5 Å². The molecular formula is C17H18N4O2. The zero-order valence-electron chi connectivity index (χ0n) is 13.5. The standard InChI is InChI=1S/C17H18N4O2/c1-9-6-5-7-10(2)14(9)15-11(3)20-21-13(18-4)8-12(17(22)23)19-16(15)21/h5-8,18H,1-4H3,(H,22,23). The fourth-order valence-electron chi connectivity index (χ4n) is 2.91. The highest BCUT2D eigenvalue weighted by Gasteiger charge is 2.20. The number of aromatic carboxylic acids is 1. The van der Waals surface area contributed by atoms with E-state index < -0.39 is 5.97 Å². The molecule has 0 unspecified atom stereocenters. The molecule has 6 heteroatoms. The predicted octanol–water partition coefficient (Wildman–Crippen LogP) is 3.06. The van der Waals surface area contributed by atoms with Crippen LogP contribution in [0.25, 0.3) is 16.8 Å². The molecule has 2 aromatic heterocycles. The fraction of sp³-hybridized carbons (Fsp3) is 0.235. The number of hydrogen-bond acceptors (Lipinski definition) is 4. The van der Waals surface area contributed by atoms with Gasteiger partial charge in [-0.2, -0.15) is 9.61 Å². The number of aryl methyl sites for hydroxylation is 3. The second-order valence-corrected chi connectivity index (χ2v) is 5.54. The lowest BCUT2D eigenvalue weighted by Crippen LogP contribution is -2.07. The first-order chi connectivity index (χ1) is 10.9. The van der Waals surface area contributed by atoms with Crippen LogP contribution in [0.5, 0.6) is 0 Å². The first-order valence-electron chi connectivity index (χ1n) is 7.32. The molecule has 0 amide bonds. The van der Waals surface area contributed by atoms with E-state index in [1.165, 1.54) is 6.07 Å². The van der Waals surface area contributed by atoms with Gasteiger partial charge in [0.2, 0.25) is 0 Å². The van der Waals surface area contributed by atoms with Gasteiger partial charge >= 0.3 is 5.97 Å². The zero-order valence-corrected chi connectivity index (χ0v) is 13.5. The Balaban J connectivity index is 2.44. The number of rotatable bonds is 3. The molecule has 3 aromatic rings. The number of nitrogens with one attached hydrogen (secondary N) is 1. The summed E-state index contributed by atoms with van der Waals surface area (Å²) in [4.78, 5) is 15.7. The van der Waals surface area contributed by atoms with Crippen molar-refractivity contribution in [2.24, 2.45) is 0 Å². The normalized spacial score (nSPS) is 11.0. The number of benzene rings is 1. The van der Waals surface area contributed by atoms with E-state index in [1.807, 2.05) is 39.0 Å². The summed E-state index contributed by atoms with van der Waals surface area (Å²) >= 11 is 0. The second-order valence-electron chi connectivity index (χ2n) is 5.54. The third kappa shape index (κ3) is 2.32. The van der Waals surface area contributed by atoms with Crippen LogP contribution in [-0.4, -0.2) is 32.7 Å². The van der Waals surface area contributed by atoms with Gasteiger partial charge in [0, 0.05) is 13.1 Å². The minimum absolute atomic E-state index is 0.00534. The molecule has 0 saturated carbocycles. The molecular weight excluding hydrogens is 292 g/mol. The summed E-state index contributed by atoms with van der Waals surface area (Å²) in [6.45, 7) is 5.98. The number of aromatic nitrogens is 3. The molecule has 118 valence electrons. The summed E-state index contributed by atoms with van der Waals surface area (Å²) in [5, 5.41) is 16.8. The van der Waals surface area contributed by atoms with Gasteiger partial charge in [0.25, 0.3) is 0 Å². The van der Waals surface area contributed by atoms with Crippen LogP contribution in [0.15, 0.2) is 24.3 Å².